The van der Waals surface area contributed by atoms with E-state index in [0.717, 1.165) is 10.9 Å². The van der Waals surface area contributed by atoms with E-state index in [9.17, 15) is 8.42 Å². The minimum Gasteiger partial charge on any atom is -0.236 e. The summed E-state index contributed by atoms with van der Waals surface area (Å²) in [6.45, 7) is 1.79. The maximum Gasteiger partial charge on any atom is 0.213 e. The molecule has 2 aromatic rings. The predicted molar refractivity (Wildman–Crippen MR) is 82.7 cm³/mol. The fraction of sp³-hybridized carbons (Fsp3) is 0.308. The zero-order valence-electron chi connectivity index (χ0n) is 11.1. The van der Waals surface area contributed by atoms with Gasteiger partial charge in [0.15, 0.2) is 0 Å². The highest BCUT2D eigenvalue weighted by Crippen LogP contribution is 2.24. The third kappa shape index (κ3) is 3.23. The molecule has 0 spiro atoms. The third-order valence-corrected chi connectivity index (χ3v) is 5.41. The highest BCUT2D eigenvalue weighted by molar-refractivity contribution is 7.89. The molecule has 2 rings (SSSR count). The molecule has 0 radical (unpaired) electrons. The van der Waals surface area contributed by atoms with E-state index in [1.165, 1.54) is 11.4 Å². The van der Waals surface area contributed by atoms with Crippen LogP contribution in [0.2, 0.25) is 10.2 Å². The van der Waals surface area contributed by atoms with Crippen molar-refractivity contribution in [2.24, 2.45) is 0 Å². The molecule has 108 valence electrons. The number of aromatic nitrogens is 1. The molecule has 1 heterocycles. The van der Waals surface area contributed by atoms with E-state index in [-0.39, 0.29) is 12.3 Å². The molecule has 1 aromatic carbocycles. The Hall–Kier alpha value is -0.880. The van der Waals surface area contributed by atoms with Crippen molar-refractivity contribution in [2.45, 2.75) is 13.5 Å². The fourth-order valence-corrected chi connectivity index (χ4v) is 3.00. The summed E-state index contributed by atoms with van der Waals surface area (Å²) in [5.41, 5.74) is 1.38. The maximum absolute atomic E-state index is 11.8. The molecule has 1 aromatic heterocycles. The highest BCUT2D eigenvalue weighted by atomic mass is 35.5. The van der Waals surface area contributed by atoms with Crippen molar-refractivity contribution in [3.63, 3.8) is 0 Å². The molecule has 0 aliphatic heterocycles. The van der Waals surface area contributed by atoms with Gasteiger partial charge in [0.1, 0.15) is 5.15 Å². The normalized spacial score (nSPS) is 12.2. The largest absolute Gasteiger partial charge is 0.236 e. The second-order valence-corrected chi connectivity index (χ2v) is 7.59. The molecule has 7 heteroatoms. The van der Waals surface area contributed by atoms with Gasteiger partial charge < -0.3 is 0 Å². The third-order valence-electron chi connectivity index (χ3n) is 3.04. The van der Waals surface area contributed by atoms with Crippen molar-refractivity contribution in [3.05, 3.63) is 40.0 Å². The van der Waals surface area contributed by atoms with Gasteiger partial charge in [-0.1, -0.05) is 23.2 Å². The van der Waals surface area contributed by atoms with Gasteiger partial charge in [-0.2, -0.15) is 0 Å². The SMILES string of the molecule is CCS(=O)(=O)N(C)Cc1cc2cc(Cl)ccc2nc1Cl. The van der Waals surface area contributed by atoms with Crippen molar-refractivity contribution in [2.75, 3.05) is 12.8 Å². The van der Waals surface area contributed by atoms with Crippen LogP contribution in [0.1, 0.15) is 12.5 Å². The summed E-state index contributed by atoms with van der Waals surface area (Å²) in [4.78, 5) is 4.26. The van der Waals surface area contributed by atoms with Gasteiger partial charge in [-0.3, -0.25) is 0 Å². The second kappa shape index (κ2) is 5.85. The summed E-state index contributed by atoms with van der Waals surface area (Å²) in [5.74, 6) is 0.0496. The number of halogens is 2. The van der Waals surface area contributed by atoms with E-state index >= 15 is 0 Å². The van der Waals surface area contributed by atoms with Crippen LogP contribution in [-0.4, -0.2) is 30.5 Å². The van der Waals surface area contributed by atoms with Crippen LogP contribution in [0.5, 0.6) is 0 Å². The fourth-order valence-electron chi connectivity index (χ4n) is 1.84. The van der Waals surface area contributed by atoms with Crippen LogP contribution in [0.3, 0.4) is 0 Å². The standard InChI is InChI=1S/C13H14Cl2N2O2S/c1-3-20(18,19)17(2)8-10-6-9-7-11(14)4-5-12(9)16-13(10)15/h4-7H,3,8H2,1-2H3. The van der Waals surface area contributed by atoms with E-state index in [1.54, 1.807) is 25.1 Å². The molecule has 0 amide bonds. The summed E-state index contributed by atoms with van der Waals surface area (Å²) in [6, 6.07) is 7.11. The first kappa shape index (κ1) is 15.5. The lowest BCUT2D eigenvalue weighted by molar-refractivity contribution is 0.467. The van der Waals surface area contributed by atoms with E-state index in [4.69, 9.17) is 23.2 Å². The van der Waals surface area contributed by atoms with Crippen LogP contribution in [0, 0.1) is 0 Å². The van der Waals surface area contributed by atoms with Crippen LogP contribution >= 0.6 is 23.2 Å². The summed E-state index contributed by atoms with van der Waals surface area (Å²) in [7, 11) is -1.73. The lowest BCUT2D eigenvalue weighted by atomic mass is 10.1. The van der Waals surface area contributed by atoms with Crippen LogP contribution < -0.4 is 0 Å². The Labute approximate surface area is 128 Å². The molecule has 0 fully saturated rings. The summed E-state index contributed by atoms with van der Waals surface area (Å²) < 4.78 is 24.8. The van der Waals surface area contributed by atoms with Crippen LogP contribution in [0.4, 0.5) is 0 Å². The number of pyridine rings is 1. The van der Waals surface area contributed by atoms with Crippen molar-refractivity contribution < 1.29 is 8.42 Å². The topological polar surface area (TPSA) is 50.3 Å². The Morgan fingerprint density at radius 3 is 2.60 bits per heavy atom. The number of rotatable bonds is 4. The van der Waals surface area contributed by atoms with Crippen molar-refractivity contribution in [3.8, 4) is 0 Å². The molecule has 0 atom stereocenters. The van der Waals surface area contributed by atoms with Gasteiger partial charge in [-0.05, 0) is 31.2 Å². The zero-order valence-corrected chi connectivity index (χ0v) is 13.4. The molecule has 20 heavy (non-hydrogen) atoms. The van der Waals surface area contributed by atoms with E-state index in [2.05, 4.69) is 4.98 Å². The minimum atomic E-state index is -3.25. The molecule has 0 N–H and O–H groups in total. The molecular weight excluding hydrogens is 319 g/mol. The first-order valence-corrected chi connectivity index (χ1v) is 8.38. The number of nitrogens with zero attached hydrogens (tertiary/aromatic N) is 2. The molecule has 0 saturated carbocycles. The Morgan fingerprint density at radius 1 is 1.25 bits per heavy atom. The lowest BCUT2D eigenvalue weighted by Crippen LogP contribution is -2.28. The minimum absolute atomic E-state index is 0.0496. The average molecular weight is 333 g/mol. The molecule has 4 nitrogen and oxygen atoms in total. The molecule has 0 aliphatic carbocycles. The van der Waals surface area contributed by atoms with Gasteiger partial charge in [0.25, 0.3) is 0 Å². The Kier molecular flexibility index (Phi) is 4.54. The predicted octanol–water partition coefficient (Wildman–Crippen LogP) is 3.32. The molecule has 0 unspecified atom stereocenters. The lowest BCUT2D eigenvalue weighted by Gasteiger charge is -2.16. The number of hydrogen-bond acceptors (Lipinski definition) is 3. The Morgan fingerprint density at radius 2 is 1.95 bits per heavy atom. The van der Waals surface area contributed by atoms with Crippen LogP contribution in [0.25, 0.3) is 10.9 Å². The van der Waals surface area contributed by atoms with Crippen molar-refractivity contribution >= 4 is 44.1 Å². The Balaban J connectivity index is 2.42. The van der Waals surface area contributed by atoms with Gasteiger partial charge in [-0.15, -0.1) is 0 Å². The van der Waals surface area contributed by atoms with Crippen molar-refractivity contribution in [1.82, 2.24) is 9.29 Å². The number of fused-ring (bicyclic) bond motifs is 1. The van der Waals surface area contributed by atoms with Gasteiger partial charge >= 0.3 is 0 Å². The van der Waals surface area contributed by atoms with Crippen LogP contribution in [0.15, 0.2) is 24.3 Å². The molecular formula is C13H14Cl2N2O2S. The van der Waals surface area contributed by atoms with Gasteiger partial charge in [0.05, 0.1) is 11.3 Å². The highest BCUT2D eigenvalue weighted by Gasteiger charge is 2.17. The Bertz CT molecular complexity index is 747. The monoisotopic (exact) mass is 332 g/mol. The first-order valence-electron chi connectivity index (χ1n) is 6.02. The quantitative estimate of drug-likeness (QED) is 0.807. The number of hydrogen-bond donors (Lipinski definition) is 0. The maximum atomic E-state index is 11.8. The summed E-state index contributed by atoms with van der Waals surface area (Å²) in [5, 5.41) is 1.74. The van der Waals surface area contributed by atoms with Crippen molar-refractivity contribution in [1.29, 1.82) is 0 Å². The smallest absolute Gasteiger partial charge is 0.213 e. The number of sulfonamides is 1. The van der Waals surface area contributed by atoms with Gasteiger partial charge in [0, 0.05) is 29.6 Å². The first-order chi connectivity index (χ1) is 9.33. The van der Waals surface area contributed by atoms with Gasteiger partial charge in [0.2, 0.25) is 10.0 Å². The second-order valence-electron chi connectivity index (χ2n) is 4.43. The summed E-state index contributed by atoms with van der Waals surface area (Å²) in [6.07, 6.45) is 0. The van der Waals surface area contributed by atoms with Crippen LogP contribution in [-0.2, 0) is 16.6 Å². The van der Waals surface area contributed by atoms with E-state index < -0.39 is 10.0 Å². The summed E-state index contributed by atoms with van der Waals surface area (Å²) >= 11 is 12.1. The number of benzene rings is 1. The zero-order chi connectivity index (χ0) is 14.9. The molecule has 0 aliphatic rings. The average Bonchev–Trinajstić information content (AvgIpc) is 2.40. The van der Waals surface area contributed by atoms with Gasteiger partial charge in [-0.25, -0.2) is 17.7 Å². The molecule has 0 bridgehead atoms. The van der Waals surface area contributed by atoms with E-state index in [0.29, 0.717) is 15.7 Å². The molecule has 0 saturated heterocycles. The van der Waals surface area contributed by atoms with E-state index in [1.807, 2.05) is 6.07 Å².